The highest BCUT2D eigenvalue weighted by Gasteiger charge is 2.38. The number of hydrogen-bond acceptors (Lipinski definition) is 2. The van der Waals surface area contributed by atoms with E-state index in [1.54, 1.807) is 13.0 Å². The lowest BCUT2D eigenvalue weighted by Gasteiger charge is -2.22. The molecule has 90 valence electrons. The van der Waals surface area contributed by atoms with Crippen LogP contribution < -0.4 is 5.32 Å². The number of rotatable bonds is 6. The second kappa shape index (κ2) is 6.12. The first kappa shape index (κ1) is 14.5. The second-order valence-electron chi connectivity index (χ2n) is 3.76. The Hall–Kier alpha value is -0.550. The van der Waals surface area contributed by atoms with Crippen molar-refractivity contribution in [2.24, 2.45) is 5.92 Å². The van der Waals surface area contributed by atoms with Crippen molar-refractivity contribution in [2.45, 2.75) is 38.6 Å². The van der Waals surface area contributed by atoms with Gasteiger partial charge in [0, 0.05) is 12.6 Å². The lowest BCUT2D eigenvalue weighted by molar-refractivity contribution is -0.202. The highest BCUT2D eigenvalue weighted by molar-refractivity contribution is 4.79. The molecule has 0 aliphatic heterocycles. The predicted molar refractivity (Wildman–Crippen MR) is 53.5 cm³/mol. The van der Waals surface area contributed by atoms with Crippen molar-refractivity contribution in [2.75, 3.05) is 6.54 Å². The fraction of sp³-hybridized carbons (Fsp3) is 0.800. The Morgan fingerprint density at radius 1 is 1.40 bits per heavy atom. The summed E-state index contributed by atoms with van der Waals surface area (Å²) in [6, 6.07) is -0.0833. The minimum absolute atomic E-state index is 0.0833. The van der Waals surface area contributed by atoms with Crippen molar-refractivity contribution >= 4 is 0 Å². The molecule has 0 radical (unpaired) electrons. The lowest BCUT2D eigenvalue weighted by Crippen LogP contribution is -2.43. The Kier molecular flexibility index (Phi) is 5.90. The summed E-state index contributed by atoms with van der Waals surface area (Å²) in [7, 11) is 0. The maximum Gasteiger partial charge on any atom is 0.415 e. The molecule has 0 saturated heterocycles. The monoisotopic (exact) mass is 225 g/mol. The van der Waals surface area contributed by atoms with Crippen molar-refractivity contribution < 1.29 is 18.3 Å². The van der Waals surface area contributed by atoms with Gasteiger partial charge in [-0.2, -0.15) is 13.2 Å². The molecule has 0 aliphatic rings. The lowest BCUT2D eigenvalue weighted by atomic mass is 10.00. The average molecular weight is 225 g/mol. The molecular weight excluding hydrogens is 207 g/mol. The molecule has 0 spiro atoms. The van der Waals surface area contributed by atoms with E-state index in [-0.39, 0.29) is 12.0 Å². The van der Waals surface area contributed by atoms with Crippen molar-refractivity contribution in [1.82, 2.24) is 5.32 Å². The van der Waals surface area contributed by atoms with E-state index in [1.165, 1.54) is 0 Å². The summed E-state index contributed by atoms with van der Waals surface area (Å²) in [5, 5.41) is 11.4. The zero-order valence-electron chi connectivity index (χ0n) is 9.01. The molecular formula is C10H18F3NO. The van der Waals surface area contributed by atoms with Crippen LogP contribution in [0.2, 0.25) is 0 Å². The summed E-state index contributed by atoms with van der Waals surface area (Å²) < 4.78 is 35.8. The van der Waals surface area contributed by atoms with Gasteiger partial charge in [-0.15, -0.1) is 6.58 Å². The minimum Gasteiger partial charge on any atom is -0.382 e. The molecule has 2 N–H and O–H groups in total. The predicted octanol–water partition coefficient (Wildman–Crippen LogP) is 2.10. The number of allylic oxidation sites excluding steroid dienone is 1. The number of alkyl halides is 3. The van der Waals surface area contributed by atoms with E-state index in [1.807, 2.05) is 6.92 Å². The summed E-state index contributed by atoms with van der Waals surface area (Å²) in [6.45, 7) is 6.80. The Balaban J connectivity index is 3.89. The van der Waals surface area contributed by atoms with Crippen LogP contribution in [0.3, 0.4) is 0 Å². The first-order valence-corrected chi connectivity index (χ1v) is 4.88. The molecule has 0 amide bonds. The van der Waals surface area contributed by atoms with Crippen molar-refractivity contribution in [3.8, 4) is 0 Å². The maximum absolute atomic E-state index is 11.9. The van der Waals surface area contributed by atoms with Crippen molar-refractivity contribution in [1.29, 1.82) is 0 Å². The largest absolute Gasteiger partial charge is 0.415 e. The summed E-state index contributed by atoms with van der Waals surface area (Å²) in [5.41, 5.74) is 0. The van der Waals surface area contributed by atoms with Crippen LogP contribution in [0.15, 0.2) is 12.7 Å². The van der Waals surface area contributed by atoms with Gasteiger partial charge in [-0.1, -0.05) is 13.0 Å². The van der Waals surface area contributed by atoms with E-state index in [0.29, 0.717) is 0 Å². The Morgan fingerprint density at radius 2 is 1.93 bits per heavy atom. The third-order valence-electron chi connectivity index (χ3n) is 2.40. The van der Waals surface area contributed by atoms with E-state index >= 15 is 0 Å². The first-order chi connectivity index (χ1) is 6.79. The van der Waals surface area contributed by atoms with E-state index in [9.17, 15) is 13.2 Å². The quantitative estimate of drug-likeness (QED) is 0.678. The fourth-order valence-corrected chi connectivity index (χ4v) is 1.08. The standard InChI is InChI=1S/C10H18F3NO/c1-4-5-7(2)8(3)14-6-9(15)10(11,12)13/h4,7-9,14-15H,1,5-6H2,2-3H3. The van der Waals surface area contributed by atoms with Gasteiger partial charge in [-0.05, 0) is 19.3 Å². The molecule has 5 heteroatoms. The Bertz CT molecular complexity index is 194. The molecule has 0 aromatic heterocycles. The molecule has 2 nitrogen and oxygen atoms in total. The van der Waals surface area contributed by atoms with Crippen LogP contribution >= 0.6 is 0 Å². The molecule has 0 aromatic rings. The van der Waals surface area contributed by atoms with Gasteiger partial charge < -0.3 is 10.4 Å². The SMILES string of the molecule is C=CCC(C)C(C)NCC(O)C(F)(F)F. The minimum atomic E-state index is -4.55. The second-order valence-corrected chi connectivity index (χ2v) is 3.76. The average Bonchev–Trinajstić information content (AvgIpc) is 2.12. The van der Waals surface area contributed by atoms with Gasteiger partial charge in [0.25, 0.3) is 0 Å². The molecule has 3 unspecified atom stereocenters. The maximum atomic E-state index is 11.9. The van der Waals surface area contributed by atoms with Gasteiger partial charge in [-0.25, -0.2) is 0 Å². The summed E-state index contributed by atoms with van der Waals surface area (Å²) in [5.74, 6) is 0.197. The summed E-state index contributed by atoms with van der Waals surface area (Å²) in [6.07, 6.45) is -4.39. The summed E-state index contributed by atoms with van der Waals surface area (Å²) >= 11 is 0. The number of hydrogen-bond donors (Lipinski definition) is 2. The number of nitrogens with one attached hydrogen (secondary N) is 1. The normalized spacial score (nSPS) is 18.3. The van der Waals surface area contributed by atoms with Gasteiger partial charge in [0.15, 0.2) is 6.10 Å². The molecule has 0 bridgehead atoms. The number of halogens is 3. The van der Waals surface area contributed by atoms with Gasteiger partial charge in [0.1, 0.15) is 0 Å². The third kappa shape index (κ3) is 5.79. The third-order valence-corrected chi connectivity index (χ3v) is 2.40. The first-order valence-electron chi connectivity index (χ1n) is 4.88. The van der Waals surface area contributed by atoms with Crippen molar-refractivity contribution in [3.63, 3.8) is 0 Å². The molecule has 0 heterocycles. The van der Waals surface area contributed by atoms with E-state index in [2.05, 4.69) is 11.9 Å². The molecule has 0 aromatic carbocycles. The van der Waals surface area contributed by atoms with Crippen LogP contribution in [0, 0.1) is 5.92 Å². The number of aliphatic hydroxyl groups excluding tert-OH is 1. The molecule has 0 rings (SSSR count). The smallest absolute Gasteiger partial charge is 0.382 e. The van der Waals surface area contributed by atoms with E-state index in [4.69, 9.17) is 5.11 Å². The van der Waals surface area contributed by atoms with Gasteiger partial charge in [0.05, 0.1) is 0 Å². The zero-order chi connectivity index (χ0) is 12.1. The van der Waals surface area contributed by atoms with Crippen LogP contribution in [0.25, 0.3) is 0 Å². The molecule has 0 aliphatic carbocycles. The summed E-state index contributed by atoms with van der Waals surface area (Å²) in [4.78, 5) is 0. The topological polar surface area (TPSA) is 32.3 Å². The van der Waals surface area contributed by atoms with Gasteiger partial charge in [0.2, 0.25) is 0 Å². The van der Waals surface area contributed by atoms with Crippen molar-refractivity contribution in [3.05, 3.63) is 12.7 Å². The van der Waals surface area contributed by atoms with E-state index < -0.39 is 18.8 Å². The molecule has 15 heavy (non-hydrogen) atoms. The Morgan fingerprint density at radius 3 is 2.33 bits per heavy atom. The van der Waals surface area contributed by atoms with Gasteiger partial charge in [-0.3, -0.25) is 0 Å². The molecule has 0 fully saturated rings. The van der Waals surface area contributed by atoms with Crippen LogP contribution in [0.5, 0.6) is 0 Å². The van der Waals surface area contributed by atoms with Gasteiger partial charge >= 0.3 is 6.18 Å². The molecule has 0 saturated carbocycles. The molecule has 3 atom stereocenters. The van der Waals surface area contributed by atoms with Crippen LogP contribution in [0.1, 0.15) is 20.3 Å². The highest BCUT2D eigenvalue weighted by atomic mass is 19.4. The fourth-order valence-electron chi connectivity index (χ4n) is 1.08. The highest BCUT2D eigenvalue weighted by Crippen LogP contribution is 2.19. The van der Waals surface area contributed by atoms with Crippen LogP contribution in [0.4, 0.5) is 13.2 Å². The zero-order valence-corrected chi connectivity index (χ0v) is 9.01. The Labute approximate surface area is 88.2 Å². The number of aliphatic hydroxyl groups is 1. The van der Waals surface area contributed by atoms with Crippen LogP contribution in [-0.4, -0.2) is 30.0 Å². The van der Waals surface area contributed by atoms with E-state index in [0.717, 1.165) is 6.42 Å². The van der Waals surface area contributed by atoms with Crippen LogP contribution in [-0.2, 0) is 0 Å².